The molecule has 1 aliphatic heterocycles. The minimum Gasteiger partial charge on any atom is -1.00 e. The summed E-state index contributed by atoms with van der Waals surface area (Å²) in [5.74, 6) is 1.27. The third kappa shape index (κ3) is 5.09. The Bertz CT molecular complexity index is 254. The van der Waals surface area contributed by atoms with Gasteiger partial charge >= 0.3 is 0 Å². The Balaban J connectivity index is 0.00000256. The van der Waals surface area contributed by atoms with E-state index in [1.807, 2.05) is 6.08 Å². The van der Waals surface area contributed by atoms with Gasteiger partial charge in [0.1, 0.15) is 6.54 Å². The number of hydroxylamine groups is 2. The molecule has 0 aliphatic carbocycles. The van der Waals surface area contributed by atoms with Gasteiger partial charge in [0.05, 0.1) is 19.6 Å². The van der Waals surface area contributed by atoms with Crippen molar-refractivity contribution in [3.63, 3.8) is 0 Å². The van der Waals surface area contributed by atoms with Gasteiger partial charge in [0.15, 0.2) is 6.54 Å². The number of amidine groups is 1. The van der Waals surface area contributed by atoms with Crippen LogP contribution in [0.25, 0.3) is 0 Å². The standard InChI is InChI=1S/C13H25N2O.ClH/c1-4-7-8-12-16-15-11-10-14(6-3)13(15)9-5-2;/h5H,2,4,6-12H2,1,3H3;1H/q+1;/p-1. The zero-order chi connectivity index (χ0) is 11.8. The summed E-state index contributed by atoms with van der Waals surface area (Å²) in [6.07, 6.45) is 6.50. The molecule has 0 amide bonds. The lowest BCUT2D eigenvalue weighted by atomic mass is 10.3. The predicted octanol–water partition coefficient (Wildman–Crippen LogP) is -0.565. The fourth-order valence-electron chi connectivity index (χ4n) is 1.99. The molecule has 17 heavy (non-hydrogen) atoms. The van der Waals surface area contributed by atoms with Crippen LogP contribution >= 0.6 is 0 Å². The molecule has 0 aromatic carbocycles. The van der Waals surface area contributed by atoms with Crippen molar-refractivity contribution in [1.82, 2.24) is 5.06 Å². The smallest absolute Gasteiger partial charge is 0.281 e. The molecule has 0 unspecified atom stereocenters. The van der Waals surface area contributed by atoms with Gasteiger partial charge in [0.2, 0.25) is 0 Å². The zero-order valence-corrected chi connectivity index (χ0v) is 11.9. The highest BCUT2D eigenvalue weighted by atomic mass is 35.5. The molecule has 0 saturated heterocycles. The van der Waals surface area contributed by atoms with E-state index >= 15 is 0 Å². The van der Waals surface area contributed by atoms with Crippen molar-refractivity contribution in [3.8, 4) is 0 Å². The van der Waals surface area contributed by atoms with E-state index in [1.165, 1.54) is 18.7 Å². The van der Waals surface area contributed by atoms with Crippen molar-refractivity contribution < 1.29 is 21.8 Å². The lowest BCUT2D eigenvalue weighted by Gasteiger charge is -2.10. The van der Waals surface area contributed by atoms with Crippen molar-refractivity contribution in [3.05, 3.63) is 12.7 Å². The van der Waals surface area contributed by atoms with E-state index in [0.29, 0.717) is 0 Å². The van der Waals surface area contributed by atoms with Crippen LogP contribution in [0, 0.1) is 0 Å². The summed E-state index contributed by atoms with van der Waals surface area (Å²) in [7, 11) is 0. The van der Waals surface area contributed by atoms with Crippen LogP contribution in [0.5, 0.6) is 0 Å². The number of halogens is 1. The van der Waals surface area contributed by atoms with Gasteiger partial charge in [0.25, 0.3) is 5.84 Å². The normalized spacial score (nSPS) is 15.1. The van der Waals surface area contributed by atoms with Crippen molar-refractivity contribution in [2.75, 3.05) is 26.2 Å². The highest BCUT2D eigenvalue weighted by molar-refractivity contribution is 5.78. The van der Waals surface area contributed by atoms with Crippen LogP contribution in [-0.4, -0.2) is 41.7 Å². The van der Waals surface area contributed by atoms with Crippen LogP contribution in [0.15, 0.2) is 12.7 Å². The van der Waals surface area contributed by atoms with Crippen molar-refractivity contribution >= 4 is 5.84 Å². The first-order valence-electron chi connectivity index (χ1n) is 6.45. The first-order chi connectivity index (χ1) is 7.83. The molecule has 4 heteroatoms. The average molecular weight is 261 g/mol. The van der Waals surface area contributed by atoms with Gasteiger partial charge in [-0.3, -0.25) is 4.58 Å². The van der Waals surface area contributed by atoms with Gasteiger partial charge < -0.3 is 12.4 Å². The Labute approximate surface area is 112 Å². The van der Waals surface area contributed by atoms with E-state index < -0.39 is 0 Å². The quantitative estimate of drug-likeness (QED) is 0.330. The summed E-state index contributed by atoms with van der Waals surface area (Å²) >= 11 is 0. The van der Waals surface area contributed by atoms with Gasteiger partial charge in [0, 0.05) is 0 Å². The molecule has 0 N–H and O–H groups in total. The summed E-state index contributed by atoms with van der Waals surface area (Å²) in [5.41, 5.74) is 0. The van der Waals surface area contributed by atoms with Crippen LogP contribution < -0.4 is 12.4 Å². The Morgan fingerprint density at radius 3 is 2.76 bits per heavy atom. The van der Waals surface area contributed by atoms with Crippen LogP contribution in [0.1, 0.15) is 39.5 Å². The molecular weight excluding hydrogens is 236 g/mol. The molecule has 1 rings (SSSR count). The molecule has 0 aromatic rings. The lowest BCUT2D eigenvalue weighted by Crippen LogP contribution is -3.00. The highest BCUT2D eigenvalue weighted by Crippen LogP contribution is 2.08. The highest BCUT2D eigenvalue weighted by Gasteiger charge is 2.29. The topological polar surface area (TPSA) is 15.5 Å². The van der Waals surface area contributed by atoms with E-state index in [0.717, 1.165) is 39.1 Å². The van der Waals surface area contributed by atoms with E-state index in [9.17, 15) is 0 Å². The van der Waals surface area contributed by atoms with Gasteiger partial charge in [-0.25, -0.2) is 0 Å². The molecule has 0 atom stereocenters. The predicted molar refractivity (Wildman–Crippen MR) is 67.7 cm³/mol. The minimum atomic E-state index is 0. The van der Waals surface area contributed by atoms with Crippen LogP contribution in [0.4, 0.5) is 0 Å². The Morgan fingerprint density at radius 1 is 1.41 bits per heavy atom. The molecule has 0 saturated carbocycles. The second-order valence-electron chi connectivity index (χ2n) is 4.13. The summed E-state index contributed by atoms with van der Waals surface area (Å²) < 4.78 is 2.36. The number of likely N-dealkylation sites (N-methyl/N-ethyl adjacent to an activating group) is 1. The summed E-state index contributed by atoms with van der Waals surface area (Å²) in [4.78, 5) is 5.81. The Kier molecular flexibility index (Phi) is 9.18. The number of unbranched alkanes of at least 4 members (excludes halogenated alkanes) is 2. The van der Waals surface area contributed by atoms with E-state index in [1.54, 1.807) is 0 Å². The lowest BCUT2D eigenvalue weighted by molar-refractivity contribution is -0.515. The fraction of sp³-hybridized carbons (Fsp3) is 0.769. The van der Waals surface area contributed by atoms with Crippen LogP contribution in [0.3, 0.4) is 0 Å². The van der Waals surface area contributed by atoms with E-state index in [4.69, 9.17) is 4.84 Å². The third-order valence-corrected chi connectivity index (χ3v) is 2.93. The molecule has 0 aromatic heterocycles. The number of hydrogen-bond acceptors (Lipinski definition) is 2. The number of hydrogen-bond donors (Lipinski definition) is 0. The molecule has 0 fully saturated rings. The largest absolute Gasteiger partial charge is 1.00 e. The zero-order valence-electron chi connectivity index (χ0n) is 11.1. The van der Waals surface area contributed by atoms with Gasteiger partial charge in [-0.2, -0.15) is 4.84 Å². The summed E-state index contributed by atoms with van der Waals surface area (Å²) in [6, 6.07) is 0. The Morgan fingerprint density at radius 2 is 2.18 bits per heavy atom. The maximum atomic E-state index is 5.81. The van der Waals surface area contributed by atoms with Gasteiger partial charge in [-0.15, -0.1) is 11.6 Å². The second kappa shape index (κ2) is 9.49. The molecule has 0 radical (unpaired) electrons. The Hall–Kier alpha value is -0.540. The molecule has 0 spiro atoms. The van der Waals surface area contributed by atoms with Crippen molar-refractivity contribution in [2.45, 2.75) is 39.5 Å². The molecule has 0 bridgehead atoms. The molecule has 1 aliphatic rings. The number of rotatable bonds is 8. The number of nitrogens with zero attached hydrogens (tertiary/aromatic N) is 2. The van der Waals surface area contributed by atoms with Crippen LogP contribution in [-0.2, 0) is 4.84 Å². The minimum absolute atomic E-state index is 0. The SMILES string of the molecule is C=CCC1=[N+](CC)CCN1OCCCCC.[Cl-]. The van der Waals surface area contributed by atoms with Crippen molar-refractivity contribution in [1.29, 1.82) is 0 Å². The summed E-state index contributed by atoms with van der Waals surface area (Å²) in [5, 5.41) is 2.06. The first-order valence-corrected chi connectivity index (χ1v) is 6.45. The summed E-state index contributed by atoms with van der Waals surface area (Å²) in [6.45, 7) is 12.2. The van der Waals surface area contributed by atoms with E-state index in [2.05, 4.69) is 30.1 Å². The van der Waals surface area contributed by atoms with E-state index in [-0.39, 0.29) is 12.4 Å². The molecule has 1 heterocycles. The van der Waals surface area contributed by atoms with Crippen molar-refractivity contribution in [2.24, 2.45) is 0 Å². The second-order valence-corrected chi connectivity index (χ2v) is 4.13. The fourth-order valence-corrected chi connectivity index (χ4v) is 1.99. The third-order valence-electron chi connectivity index (χ3n) is 2.93. The molecule has 100 valence electrons. The maximum Gasteiger partial charge on any atom is 0.281 e. The molecular formula is C13H25ClN2O. The maximum absolute atomic E-state index is 5.81. The van der Waals surface area contributed by atoms with Crippen LogP contribution in [0.2, 0.25) is 0 Å². The van der Waals surface area contributed by atoms with Gasteiger partial charge in [-0.1, -0.05) is 25.8 Å². The molecule has 3 nitrogen and oxygen atoms in total. The first kappa shape index (κ1) is 16.5. The average Bonchev–Trinajstić information content (AvgIpc) is 2.68. The van der Waals surface area contributed by atoms with Gasteiger partial charge in [-0.05, 0) is 13.3 Å². The monoisotopic (exact) mass is 260 g/mol.